The highest BCUT2D eigenvalue weighted by atomic mass is 32.2. The number of nitrogen functional groups attached to an aromatic ring is 1. The van der Waals surface area contributed by atoms with Gasteiger partial charge in [0.05, 0.1) is 24.2 Å². The van der Waals surface area contributed by atoms with Crippen molar-refractivity contribution in [2.75, 3.05) is 31.7 Å². The van der Waals surface area contributed by atoms with Crippen LogP contribution in [0.2, 0.25) is 0 Å². The van der Waals surface area contributed by atoms with Crippen molar-refractivity contribution in [3.63, 3.8) is 0 Å². The molecule has 1 heterocycles. The third-order valence-corrected chi connectivity index (χ3v) is 3.10. The van der Waals surface area contributed by atoms with Gasteiger partial charge in [0.15, 0.2) is 0 Å². The minimum absolute atomic E-state index is 0.103. The second-order valence-corrected chi connectivity index (χ2v) is 4.52. The van der Waals surface area contributed by atoms with Gasteiger partial charge in [0.1, 0.15) is 0 Å². The second kappa shape index (κ2) is 8.33. The van der Waals surface area contributed by atoms with Crippen LogP contribution < -0.4 is 16.4 Å². The SMILES string of the molecule is COCCNC(=O)NC(=O)CSc1ccncc1N. The number of methoxy groups -OCH3 is 1. The molecule has 0 aliphatic heterocycles. The topological polar surface area (TPSA) is 106 Å². The number of aromatic nitrogens is 1. The average molecular weight is 284 g/mol. The Kier molecular flexibility index (Phi) is 6.69. The van der Waals surface area contributed by atoms with Crippen LogP contribution in [0.5, 0.6) is 0 Å². The number of pyridine rings is 1. The Bertz CT molecular complexity index is 442. The number of thioether (sulfide) groups is 1. The predicted octanol–water partition coefficient (Wildman–Crippen LogP) is 0.228. The summed E-state index contributed by atoms with van der Waals surface area (Å²) in [5, 5.41) is 4.69. The van der Waals surface area contributed by atoms with Gasteiger partial charge in [-0.15, -0.1) is 11.8 Å². The molecule has 19 heavy (non-hydrogen) atoms. The van der Waals surface area contributed by atoms with Crippen LogP contribution in [-0.4, -0.2) is 42.9 Å². The molecule has 0 saturated carbocycles. The summed E-state index contributed by atoms with van der Waals surface area (Å²) in [5.41, 5.74) is 6.19. The number of carbonyl (C=O) groups excluding carboxylic acids is 2. The second-order valence-electron chi connectivity index (χ2n) is 3.50. The van der Waals surface area contributed by atoms with E-state index in [1.165, 1.54) is 25.1 Å². The molecule has 1 aromatic rings. The van der Waals surface area contributed by atoms with Crippen molar-refractivity contribution in [2.24, 2.45) is 0 Å². The van der Waals surface area contributed by atoms with E-state index in [4.69, 9.17) is 10.5 Å². The summed E-state index contributed by atoms with van der Waals surface area (Å²) >= 11 is 1.24. The third-order valence-electron chi connectivity index (χ3n) is 2.01. The molecule has 7 nitrogen and oxygen atoms in total. The zero-order valence-corrected chi connectivity index (χ0v) is 11.3. The fraction of sp³-hybridized carbons (Fsp3) is 0.364. The van der Waals surface area contributed by atoms with Crippen molar-refractivity contribution in [3.05, 3.63) is 18.5 Å². The summed E-state index contributed by atoms with van der Waals surface area (Å²) in [7, 11) is 1.53. The first-order chi connectivity index (χ1) is 9.13. The summed E-state index contributed by atoms with van der Waals surface area (Å²) in [6.07, 6.45) is 3.10. The fourth-order valence-electron chi connectivity index (χ4n) is 1.14. The number of hydrogen-bond acceptors (Lipinski definition) is 6. The van der Waals surface area contributed by atoms with Gasteiger partial charge in [0.2, 0.25) is 5.91 Å². The molecular weight excluding hydrogens is 268 g/mol. The van der Waals surface area contributed by atoms with E-state index >= 15 is 0 Å². The first-order valence-electron chi connectivity index (χ1n) is 5.52. The fourth-order valence-corrected chi connectivity index (χ4v) is 1.88. The summed E-state index contributed by atoms with van der Waals surface area (Å²) in [4.78, 5) is 27.4. The van der Waals surface area contributed by atoms with E-state index in [0.717, 1.165) is 4.90 Å². The van der Waals surface area contributed by atoms with Crippen LogP contribution in [0.4, 0.5) is 10.5 Å². The van der Waals surface area contributed by atoms with Crippen LogP contribution >= 0.6 is 11.8 Å². The number of anilines is 1. The molecular formula is C11H16N4O3S. The zero-order chi connectivity index (χ0) is 14.1. The Morgan fingerprint density at radius 3 is 3.00 bits per heavy atom. The van der Waals surface area contributed by atoms with Crippen LogP contribution in [0.1, 0.15) is 0 Å². The van der Waals surface area contributed by atoms with Gasteiger partial charge in [-0.2, -0.15) is 0 Å². The van der Waals surface area contributed by atoms with Gasteiger partial charge in [0, 0.05) is 24.7 Å². The van der Waals surface area contributed by atoms with Crippen LogP contribution in [0.15, 0.2) is 23.4 Å². The molecule has 0 saturated heterocycles. The lowest BCUT2D eigenvalue weighted by Gasteiger charge is -2.06. The number of nitrogens with two attached hydrogens (primary N) is 1. The molecule has 0 aliphatic rings. The largest absolute Gasteiger partial charge is 0.397 e. The third kappa shape index (κ3) is 6.07. The first kappa shape index (κ1) is 15.3. The van der Waals surface area contributed by atoms with Crippen molar-refractivity contribution in [1.29, 1.82) is 0 Å². The van der Waals surface area contributed by atoms with Crippen LogP contribution in [0, 0.1) is 0 Å². The van der Waals surface area contributed by atoms with Crippen molar-refractivity contribution in [2.45, 2.75) is 4.90 Å². The Balaban J connectivity index is 2.28. The van der Waals surface area contributed by atoms with E-state index in [0.29, 0.717) is 18.8 Å². The van der Waals surface area contributed by atoms with Gasteiger partial charge < -0.3 is 15.8 Å². The summed E-state index contributed by atoms with van der Waals surface area (Å²) in [6.45, 7) is 0.740. The lowest BCUT2D eigenvalue weighted by atomic mass is 10.4. The Morgan fingerprint density at radius 2 is 2.32 bits per heavy atom. The van der Waals surface area contributed by atoms with Gasteiger partial charge in [-0.25, -0.2) is 4.79 Å². The molecule has 104 valence electrons. The maximum Gasteiger partial charge on any atom is 0.321 e. The summed E-state index contributed by atoms with van der Waals surface area (Å²) in [6, 6.07) is 1.18. The highest BCUT2D eigenvalue weighted by Gasteiger charge is 2.08. The zero-order valence-electron chi connectivity index (χ0n) is 10.5. The van der Waals surface area contributed by atoms with Gasteiger partial charge >= 0.3 is 6.03 Å². The molecule has 0 radical (unpaired) electrons. The van der Waals surface area contributed by atoms with E-state index in [1.54, 1.807) is 12.3 Å². The monoisotopic (exact) mass is 284 g/mol. The first-order valence-corrected chi connectivity index (χ1v) is 6.51. The summed E-state index contributed by atoms with van der Waals surface area (Å²) in [5.74, 6) is -0.289. The molecule has 0 unspecified atom stereocenters. The van der Waals surface area contributed by atoms with Crippen molar-refractivity contribution in [1.82, 2.24) is 15.6 Å². The Morgan fingerprint density at radius 1 is 1.53 bits per heavy atom. The number of urea groups is 1. The van der Waals surface area contributed by atoms with Gasteiger partial charge in [0.25, 0.3) is 0 Å². The highest BCUT2D eigenvalue weighted by Crippen LogP contribution is 2.22. The standard InChI is InChI=1S/C11H16N4O3S/c1-18-5-4-14-11(17)15-10(16)7-19-9-2-3-13-6-8(9)12/h2-3,6H,4-5,7,12H2,1H3,(H2,14,15,16,17). The minimum atomic E-state index is -0.537. The van der Waals surface area contributed by atoms with Crippen LogP contribution in [-0.2, 0) is 9.53 Å². The number of carbonyl (C=O) groups is 2. The summed E-state index contributed by atoms with van der Waals surface area (Å²) < 4.78 is 4.76. The lowest BCUT2D eigenvalue weighted by molar-refractivity contribution is -0.117. The molecule has 3 amide bonds. The normalized spacial score (nSPS) is 9.95. The maximum atomic E-state index is 11.5. The van der Waals surface area contributed by atoms with Crippen LogP contribution in [0.25, 0.3) is 0 Å². The Labute approximate surface area is 115 Å². The molecule has 4 N–H and O–H groups in total. The molecule has 1 rings (SSSR count). The van der Waals surface area contributed by atoms with Crippen molar-refractivity contribution in [3.8, 4) is 0 Å². The molecule has 8 heteroatoms. The molecule has 0 aromatic carbocycles. The maximum absolute atomic E-state index is 11.5. The number of rotatable bonds is 6. The van der Waals surface area contributed by atoms with E-state index in [2.05, 4.69) is 15.6 Å². The minimum Gasteiger partial charge on any atom is -0.397 e. The van der Waals surface area contributed by atoms with Gasteiger partial charge in [-0.05, 0) is 6.07 Å². The number of nitrogens with one attached hydrogen (secondary N) is 2. The van der Waals surface area contributed by atoms with E-state index in [-0.39, 0.29) is 5.75 Å². The molecule has 1 aromatic heterocycles. The van der Waals surface area contributed by atoms with E-state index in [9.17, 15) is 9.59 Å². The van der Waals surface area contributed by atoms with Crippen molar-refractivity contribution < 1.29 is 14.3 Å². The van der Waals surface area contributed by atoms with Crippen LogP contribution in [0.3, 0.4) is 0 Å². The number of imide groups is 1. The van der Waals surface area contributed by atoms with E-state index in [1.807, 2.05) is 0 Å². The predicted molar refractivity (Wildman–Crippen MR) is 72.8 cm³/mol. The Hall–Kier alpha value is -1.80. The molecule has 0 aliphatic carbocycles. The smallest absolute Gasteiger partial charge is 0.321 e. The molecule has 0 bridgehead atoms. The van der Waals surface area contributed by atoms with Crippen molar-refractivity contribution >= 4 is 29.4 Å². The average Bonchev–Trinajstić information content (AvgIpc) is 2.38. The number of hydrogen-bond donors (Lipinski definition) is 3. The van der Waals surface area contributed by atoms with Gasteiger partial charge in [-0.1, -0.05) is 0 Å². The quantitative estimate of drug-likeness (QED) is 0.510. The molecule has 0 spiro atoms. The number of amides is 3. The number of ether oxygens (including phenoxy) is 1. The highest BCUT2D eigenvalue weighted by molar-refractivity contribution is 8.00. The number of nitrogens with zero attached hydrogens (tertiary/aromatic N) is 1. The molecule has 0 fully saturated rings. The molecule has 0 atom stereocenters. The van der Waals surface area contributed by atoms with E-state index < -0.39 is 11.9 Å². The van der Waals surface area contributed by atoms with Gasteiger partial charge in [-0.3, -0.25) is 15.1 Å². The lowest BCUT2D eigenvalue weighted by Crippen LogP contribution is -2.41.